The largest absolute Gasteiger partial charge is 0.484 e. The average Bonchev–Trinajstić information content (AvgIpc) is 3.35. The molecule has 0 radical (unpaired) electrons. The van der Waals surface area contributed by atoms with Crippen molar-refractivity contribution in [1.29, 1.82) is 0 Å². The number of hydrogen-bond acceptors (Lipinski definition) is 3. The first-order valence-electron chi connectivity index (χ1n) is 7.87. The van der Waals surface area contributed by atoms with Crippen molar-refractivity contribution in [3.8, 4) is 5.75 Å². The molecule has 0 spiro atoms. The molecular formula is C17H24N2O2. The molecule has 3 rings (SSSR count). The van der Waals surface area contributed by atoms with Crippen molar-refractivity contribution in [2.45, 2.75) is 44.2 Å². The number of fused-ring (bicyclic) bond motifs is 1. The lowest BCUT2D eigenvalue weighted by molar-refractivity contribution is -0.132. The highest BCUT2D eigenvalue weighted by atomic mass is 16.5. The molecule has 0 aromatic heterocycles. The highest BCUT2D eigenvalue weighted by Gasteiger charge is 2.29. The van der Waals surface area contributed by atoms with E-state index in [1.54, 1.807) is 0 Å². The molecule has 1 atom stereocenters. The van der Waals surface area contributed by atoms with Gasteiger partial charge in [-0.2, -0.15) is 0 Å². The second-order valence-corrected chi connectivity index (χ2v) is 6.12. The topological polar surface area (TPSA) is 41.6 Å². The molecule has 1 aromatic rings. The molecule has 4 heteroatoms. The molecule has 114 valence electrons. The Hall–Kier alpha value is -1.55. The first kappa shape index (κ1) is 14.4. The van der Waals surface area contributed by atoms with E-state index in [9.17, 15) is 4.79 Å². The predicted octanol–water partition coefficient (Wildman–Crippen LogP) is 2.28. The third-order valence-electron chi connectivity index (χ3n) is 4.63. The Morgan fingerprint density at radius 2 is 2.19 bits per heavy atom. The van der Waals surface area contributed by atoms with Gasteiger partial charge >= 0.3 is 0 Å². The number of nitrogens with one attached hydrogen (secondary N) is 1. The van der Waals surface area contributed by atoms with Crippen LogP contribution in [0.2, 0.25) is 0 Å². The van der Waals surface area contributed by atoms with Crippen LogP contribution in [0.15, 0.2) is 18.2 Å². The summed E-state index contributed by atoms with van der Waals surface area (Å²) in [6, 6.07) is 7.07. The molecule has 0 bridgehead atoms. The van der Waals surface area contributed by atoms with E-state index >= 15 is 0 Å². The van der Waals surface area contributed by atoms with Crippen LogP contribution in [0.3, 0.4) is 0 Å². The zero-order valence-electron chi connectivity index (χ0n) is 12.9. The number of carbonyl (C=O) groups excluding carboxylic acids is 1. The lowest BCUT2D eigenvalue weighted by Gasteiger charge is -2.25. The van der Waals surface area contributed by atoms with Crippen LogP contribution in [-0.2, 0) is 11.2 Å². The SMILES string of the molecule is CNC1CCCc2ccc(OCC(=O)N(C)C3CC3)cc21. The Morgan fingerprint density at radius 3 is 2.90 bits per heavy atom. The van der Waals surface area contributed by atoms with Crippen LogP contribution in [0, 0.1) is 0 Å². The Labute approximate surface area is 126 Å². The van der Waals surface area contributed by atoms with Crippen LogP contribution in [0.25, 0.3) is 0 Å². The number of benzene rings is 1. The fraction of sp³-hybridized carbons (Fsp3) is 0.588. The van der Waals surface area contributed by atoms with Gasteiger partial charge in [-0.3, -0.25) is 4.79 Å². The summed E-state index contributed by atoms with van der Waals surface area (Å²) in [6.07, 6.45) is 5.78. The van der Waals surface area contributed by atoms with Gasteiger partial charge in [0.15, 0.2) is 6.61 Å². The number of rotatable bonds is 5. The minimum atomic E-state index is 0.0698. The maximum absolute atomic E-state index is 12.0. The average molecular weight is 288 g/mol. The molecule has 1 amide bonds. The fourth-order valence-corrected chi connectivity index (χ4v) is 3.08. The second-order valence-electron chi connectivity index (χ2n) is 6.12. The second kappa shape index (κ2) is 6.06. The minimum absolute atomic E-state index is 0.0698. The summed E-state index contributed by atoms with van der Waals surface area (Å²) in [5, 5.41) is 3.36. The summed E-state index contributed by atoms with van der Waals surface area (Å²) in [5.41, 5.74) is 2.72. The van der Waals surface area contributed by atoms with Gasteiger partial charge in [0.25, 0.3) is 5.91 Å². The summed E-state index contributed by atoms with van der Waals surface area (Å²) in [5.74, 6) is 0.869. The van der Waals surface area contributed by atoms with Crippen LogP contribution in [0.4, 0.5) is 0 Å². The highest BCUT2D eigenvalue weighted by molar-refractivity contribution is 5.78. The van der Waals surface area contributed by atoms with Gasteiger partial charge in [0.1, 0.15) is 5.75 Å². The van der Waals surface area contributed by atoms with E-state index in [2.05, 4.69) is 17.4 Å². The number of likely N-dealkylation sites (N-methyl/N-ethyl adjacent to an activating group) is 1. The maximum atomic E-state index is 12.0. The van der Waals surface area contributed by atoms with E-state index in [0.717, 1.165) is 31.4 Å². The first-order valence-corrected chi connectivity index (χ1v) is 7.87. The minimum Gasteiger partial charge on any atom is -0.484 e. The molecule has 4 nitrogen and oxygen atoms in total. The van der Waals surface area contributed by atoms with E-state index in [1.165, 1.54) is 17.5 Å². The number of aryl methyl sites for hydroxylation is 1. The molecule has 21 heavy (non-hydrogen) atoms. The summed E-state index contributed by atoms with van der Waals surface area (Å²) in [4.78, 5) is 13.8. The van der Waals surface area contributed by atoms with Crippen LogP contribution in [-0.4, -0.2) is 37.6 Å². The van der Waals surface area contributed by atoms with Crippen molar-refractivity contribution >= 4 is 5.91 Å². The number of hydrogen-bond donors (Lipinski definition) is 1. The van der Waals surface area contributed by atoms with Crippen molar-refractivity contribution < 1.29 is 9.53 Å². The van der Waals surface area contributed by atoms with E-state index in [-0.39, 0.29) is 12.5 Å². The monoisotopic (exact) mass is 288 g/mol. The standard InChI is InChI=1S/C17H24N2O2/c1-18-16-5-3-4-12-6-9-14(10-15(12)16)21-11-17(20)19(2)13-7-8-13/h6,9-10,13,16,18H,3-5,7-8,11H2,1-2H3. The van der Waals surface area contributed by atoms with E-state index in [0.29, 0.717) is 12.1 Å². The molecule has 0 saturated heterocycles. The smallest absolute Gasteiger partial charge is 0.260 e. The molecule has 0 aliphatic heterocycles. The molecule has 1 saturated carbocycles. The van der Waals surface area contributed by atoms with Gasteiger partial charge in [-0.05, 0) is 62.4 Å². The lowest BCUT2D eigenvalue weighted by atomic mass is 9.87. The van der Waals surface area contributed by atoms with Crippen molar-refractivity contribution in [3.63, 3.8) is 0 Å². The molecule has 1 N–H and O–H groups in total. The maximum Gasteiger partial charge on any atom is 0.260 e. The zero-order valence-corrected chi connectivity index (χ0v) is 12.9. The van der Waals surface area contributed by atoms with Crippen molar-refractivity contribution in [3.05, 3.63) is 29.3 Å². The quantitative estimate of drug-likeness (QED) is 0.904. The zero-order chi connectivity index (χ0) is 14.8. The number of amides is 1. The van der Waals surface area contributed by atoms with E-state index in [4.69, 9.17) is 4.74 Å². The Balaban J connectivity index is 1.64. The number of ether oxygens (including phenoxy) is 1. The van der Waals surface area contributed by atoms with Gasteiger partial charge in [-0.25, -0.2) is 0 Å². The fourth-order valence-electron chi connectivity index (χ4n) is 3.08. The summed E-state index contributed by atoms with van der Waals surface area (Å²) in [7, 11) is 3.87. The third kappa shape index (κ3) is 3.21. The lowest BCUT2D eigenvalue weighted by Crippen LogP contribution is -2.33. The van der Waals surface area contributed by atoms with Gasteiger partial charge in [0.2, 0.25) is 0 Å². The van der Waals surface area contributed by atoms with E-state index in [1.807, 2.05) is 25.1 Å². The molecule has 1 aromatic carbocycles. The Bertz CT molecular complexity index is 526. The number of carbonyl (C=O) groups is 1. The van der Waals surface area contributed by atoms with Gasteiger partial charge in [-0.1, -0.05) is 6.07 Å². The Kier molecular flexibility index (Phi) is 4.15. The van der Waals surface area contributed by atoms with Crippen LogP contribution in [0.1, 0.15) is 42.9 Å². The van der Waals surface area contributed by atoms with Crippen molar-refractivity contribution in [1.82, 2.24) is 10.2 Å². The molecule has 2 aliphatic carbocycles. The molecule has 2 aliphatic rings. The molecule has 1 unspecified atom stereocenters. The molecule has 1 fully saturated rings. The van der Waals surface area contributed by atoms with Gasteiger partial charge in [-0.15, -0.1) is 0 Å². The predicted molar refractivity (Wildman–Crippen MR) is 82.5 cm³/mol. The van der Waals surface area contributed by atoms with Crippen LogP contribution < -0.4 is 10.1 Å². The third-order valence-corrected chi connectivity index (χ3v) is 4.63. The number of nitrogens with zero attached hydrogens (tertiary/aromatic N) is 1. The van der Waals surface area contributed by atoms with Crippen LogP contribution in [0.5, 0.6) is 5.75 Å². The van der Waals surface area contributed by atoms with Gasteiger partial charge < -0.3 is 15.0 Å². The highest BCUT2D eigenvalue weighted by Crippen LogP contribution is 2.32. The Morgan fingerprint density at radius 1 is 1.38 bits per heavy atom. The summed E-state index contributed by atoms with van der Waals surface area (Å²) >= 11 is 0. The summed E-state index contributed by atoms with van der Waals surface area (Å²) < 4.78 is 5.71. The summed E-state index contributed by atoms with van der Waals surface area (Å²) in [6.45, 7) is 0.135. The van der Waals surface area contributed by atoms with E-state index < -0.39 is 0 Å². The molecular weight excluding hydrogens is 264 g/mol. The van der Waals surface area contributed by atoms with Crippen molar-refractivity contribution in [2.75, 3.05) is 20.7 Å². The van der Waals surface area contributed by atoms with Gasteiger partial charge in [0.05, 0.1) is 0 Å². The normalized spacial score (nSPS) is 20.8. The van der Waals surface area contributed by atoms with Crippen LogP contribution >= 0.6 is 0 Å². The molecule has 0 heterocycles. The van der Waals surface area contributed by atoms with Gasteiger partial charge in [0, 0.05) is 19.1 Å². The van der Waals surface area contributed by atoms with Crippen molar-refractivity contribution in [2.24, 2.45) is 0 Å². The first-order chi connectivity index (χ1) is 10.2.